The molecule has 2 unspecified atom stereocenters. The number of carbonyl (C=O) groups is 1. The number of aliphatic hydroxyl groups excluding tert-OH is 1. The predicted molar refractivity (Wildman–Crippen MR) is 80.8 cm³/mol. The first kappa shape index (κ1) is 15.2. The molecule has 1 aliphatic heterocycles. The third-order valence-corrected chi connectivity index (χ3v) is 4.21. The van der Waals surface area contributed by atoms with Crippen LogP contribution in [0.4, 0.5) is 0 Å². The van der Waals surface area contributed by atoms with Crippen LogP contribution < -0.4 is 0 Å². The average molecular weight is 275 g/mol. The van der Waals surface area contributed by atoms with E-state index in [0.29, 0.717) is 0 Å². The van der Waals surface area contributed by atoms with Crippen molar-refractivity contribution in [3.63, 3.8) is 0 Å². The Kier molecular flexibility index (Phi) is 4.61. The van der Waals surface area contributed by atoms with Crippen LogP contribution in [0, 0.1) is 11.3 Å². The smallest absolute Gasteiger partial charge is 0.169 e. The minimum absolute atomic E-state index is 0.192. The number of hydrogen-bond donors (Lipinski definition) is 1. The zero-order valence-corrected chi connectivity index (χ0v) is 12.7. The highest BCUT2D eigenvalue weighted by atomic mass is 16.3. The molecule has 110 valence electrons. The molecule has 0 aromatic heterocycles. The Balaban J connectivity index is 2.02. The van der Waals surface area contributed by atoms with Gasteiger partial charge in [-0.15, -0.1) is 0 Å². The number of piperidine rings is 1. The van der Waals surface area contributed by atoms with Gasteiger partial charge in [0.25, 0.3) is 0 Å². The molecule has 0 aliphatic carbocycles. The van der Waals surface area contributed by atoms with Crippen LogP contribution in [-0.4, -0.2) is 41.5 Å². The van der Waals surface area contributed by atoms with Crippen molar-refractivity contribution in [2.24, 2.45) is 11.3 Å². The van der Waals surface area contributed by atoms with Gasteiger partial charge in [-0.1, -0.05) is 51.1 Å². The summed E-state index contributed by atoms with van der Waals surface area (Å²) in [5, 5.41) is 9.79. The molecular weight excluding hydrogens is 250 g/mol. The summed E-state index contributed by atoms with van der Waals surface area (Å²) in [6.07, 6.45) is 0.607. The molecule has 1 heterocycles. The molecule has 1 aliphatic rings. The van der Waals surface area contributed by atoms with Gasteiger partial charge in [-0.05, 0) is 12.3 Å². The lowest BCUT2D eigenvalue weighted by Gasteiger charge is -2.38. The first-order valence-corrected chi connectivity index (χ1v) is 7.40. The molecule has 3 heteroatoms. The zero-order chi connectivity index (χ0) is 14.8. The topological polar surface area (TPSA) is 40.5 Å². The molecule has 3 nitrogen and oxygen atoms in total. The molecule has 0 saturated carbocycles. The van der Waals surface area contributed by atoms with E-state index >= 15 is 0 Å². The van der Waals surface area contributed by atoms with Crippen molar-refractivity contribution in [2.45, 2.75) is 33.3 Å². The first-order valence-electron chi connectivity index (χ1n) is 7.40. The lowest BCUT2D eigenvalue weighted by atomic mass is 9.82. The van der Waals surface area contributed by atoms with Gasteiger partial charge in [0.05, 0.1) is 6.10 Å². The molecule has 0 bridgehead atoms. The second-order valence-electron chi connectivity index (χ2n) is 6.65. The fraction of sp³-hybridized carbons (Fsp3) is 0.588. The largest absolute Gasteiger partial charge is 0.393 e. The van der Waals surface area contributed by atoms with Gasteiger partial charge in [-0.25, -0.2) is 0 Å². The monoisotopic (exact) mass is 275 g/mol. The Morgan fingerprint density at radius 3 is 2.60 bits per heavy atom. The normalized spacial score (nSPS) is 24.6. The molecule has 0 radical (unpaired) electrons. The van der Waals surface area contributed by atoms with Gasteiger partial charge in [0, 0.05) is 30.6 Å². The van der Waals surface area contributed by atoms with Gasteiger partial charge >= 0.3 is 0 Å². The van der Waals surface area contributed by atoms with Gasteiger partial charge in [-0.2, -0.15) is 0 Å². The molecule has 1 fully saturated rings. The van der Waals surface area contributed by atoms with E-state index in [2.05, 4.69) is 11.8 Å². The van der Waals surface area contributed by atoms with Gasteiger partial charge in [-0.3, -0.25) is 4.79 Å². The lowest BCUT2D eigenvalue weighted by Crippen LogP contribution is -2.47. The Labute approximate surface area is 121 Å². The summed E-state index contributed by atoms with van der Waals surface area (Å²) in [5.41, 5.74) is 0.381. The van der Waals surface area contributed by atoms with Crippen LogP contribution in [0.15, 0.2) is 30.3 Å². The Morgan fingerprint density at radius 2 is 2.00 bits per heavy atom. The Morgan fingerprint density at radius 1 is 1.35 bits per heavy atom. The molecule has 1 aromatic carbocycles. The summed E-state index contributed by atoms with van der Waals surface area (Å²) in [4.78, 5) is 14.9. The standard InChI is InChI=1S/C17H25NO2/c1-13-11-18(10-9-15(13)19)12-17(2,3)16(20)14-7-5-4-6-8-14/h4-8,13,15,19H,9-12H2,1-3H3. The van der Waals surface area contributed by atoms with Crippen LogP contribution in [0.5, 0.6) is 0 Å². The highest BCUT2D eigenvalue weighted by molar-refractivity contribution is 6.00. The van der Waals surface area contributed by atoms with Gasteiger partial charge in [0.15, 0.2) is 5.78 Å². The highest BCUT2D eigenvalue weighted by Crippen LogP contribution is 2.26. The maximum atomic E-state index is 12.6. The second kappa shape index (κ2) is 6.06. The van der Waals surface area contributed by atoms with E-state index in [0.717, 1.165) is 31.6 Å². The molecule has 2 rings (SSSR count). The van der Waals surface area contributed by atoms with Crippen molar-refractivity contribution in [2.75, 3.05) is 19.6 Å². The van der Waals surface area contributed by atoms with E-state index in [1.54, 1.807) is 0 Å². The summed E-state index contributed by atoms with van der Waals surface area (Å²) in [5.74, 6) is 0.475. The lowest BCUT2D eigenvalue weighted by molar-refractivity contribution is 0.0213. The van der Waals surface area contributed by atoms with E-state index < -0.39 is 5.41 Å². The molecule has 2 atom stereocenters. The summed E-state index contributed by atoms with van der Waals surface area (Å²) in [6.45, 7) is 8.58. The average Bonchev–Trinajstić information content (AvgIpc) is 2.43. The fourth-order valence-electron chi connectivity index (χ4n) is 2.97. The number of rotatable bonds is 4. The SMILES string of the molecule is CC1CN(CC(C)(C)C(=O)c2ccccc2)CCC1O. The number of nitrogens with zero attached hydrogens (tertiary/aromatic N) is 1. The van der Waals surface area contributed by atoms with Crippen LogP contribution >= 0.6 is 0 Å². The Bertz CT molecular complexity index is 455. The van der Waals surface area contributed by atoms with Gasteiger partial charge in [0.2, 0.25) is 0 Å². The van der Waals surface area contributed by atoms with E-state index in [1.165, 1.54) is 0 Å². The van der Waals surface area contributed by atoms with Crippen LogP contribution in [0.25, 0.3) is 0 Å². The van der Waals surface area contributed by atoms with E-state index in [1.807, 2.05) is 44.2 Å². The molecular formula is C17H25NO2. The number of Topliss-reactive ketones (excluding diaryl/α,β-unsaturated/α-hetero) is 1. The van der Waals surface area contributed by atoms with Crippen molar-refractivity contribution < 1.29 is 9.90 Å². The maximum Gasteiger partial charge on any atom is 0.169 e. The summed E-state index contributed by atoms with van der Waals surface area (Å²) in [6, 6.07) is 9.50. The van der Waals surface area contributed by atoms with E-state index in [4.69, 9.17) is 0 Å². The maximum absolute atomic E-state index is 12.6. The summed E-state index contributed by atoms with van der Waals surface area (Å²) >= 11 is 0. The zero-order valence-electron chi connectivity index (χ0n) is 12.7. The van der Waals surface area contributed by atoms with Crippen molar-refractivity contribution >= 4 is 5.78 Å². The molecule has 1 N–H and O–H groups in total. The highest BCUT2D eigenvalue weighted by Gasteiger charge is 2.33. The number of benzene rings is 1. The minimum atomic E-state index is -0.399. The van der Waals surface area contributed by atoms with Crippen molar-refractivity contribution in [3.8, 4) is 0 Å². The molecule has 0 spiro atoms. The summed E-state index contributed by atoms with van der Waals surface area (Å²) in [7, 11) is 0. The van der Waals surface area contributed by atoms with Gasteiger partial charge < -0.3 is 10.0 Å². The molecule has 1 saturated heterocycles. The molecule has 0 amide bonds. The summed E-state index contributed by atoms with van der Waals surface area (Å²) < 4.78 is 0. The quantitative estimate of drug-likeness (QED) is 0.859. The molecule has 1 aromatic rings. The number of hydrogen-bond acceptors (Lipinski definition) is 3. The minimum Gasteiger partial charge on any atom is -0.393 e. The van der Waals surface area contributed by atoms with Crippen LogP contribution in [0.2, 0.25) is 0 Å². The first-order chi connectivity index (χ1) is 9.40. The second-order valence-corrected chi connectivity index (χ2v) is 6.65. The Hall–Kier alpha value is -1.19. The number of carbonyl (C=O) groups excluding carboxylic acids is 1. The predicted octanol–water partition coefficient (Wildman–Crippen LogP) is 2.60. The van der Waals surface area contributed by atoms with Crippen LogP contribution in [0.3, 0.4) is 0 Å². The van der Waals surface area contributed by atoms with Crippen molar-refractivity contribution in [1.82, 2.24) is 4.90 Å². The number of aliphatic hydroxyl groups is 1. The fourth-order valence-corrected chi connectivity index (χ4v) is 2.97. The van der Waals surface area contributed by atoms with Gasteiger partial charge in [0.1, 0.15) is 0 Å². The van der Waals surface area contributed by atoms with E-state index in [9.17, 15) is 9.90 Å². The number of likely N-dealkylation sites (tertiary alicyclic amines) is 1. The van der Waals surface area contributed by atoms with Crippen LogP contribution in [0.1, 0.15) is 37.6 Å². The van der Waals surface area contributed by atoms with Crippen molar-refractivity contribution in [3.05, 3.63) is 35.9 Å². The third-order valence-electron chi connectivity index (χ3n) is 4.21. The number of ketones is 1. The van der Waals surface area contributed by atoms with E-state index in [-0.39, 0.29) is 17.8 Å². The van der Waals surface area contributed by atoms with Crippen molar-refractivity contribution in [1.29, 1.82) is 0 Å². The van der Waals surface area contributed by atoms with Crippen LogP contribution in [-0.2, 0) is 0 Å². The molecule has 20 heavy (non-hydrogen) atoms. The third kappa shape index (κ3) is 3.47.